The summed E-state index contributed by atoms with van der Waals surface area (Å²) >= 11 is 11.9. The van der Waals surface area contributed by atoms with Crippen molar-refractivity contribution in [2.75, 3.05) is 0 Å². The lowest BCUT2D eigenvalue weighted by Crippen LogP contribution is -1.97. The Labute approximate surface area is 92.5 Å². The maximum Gasteiger partial charge on any atom is 0.131 e. The van der Waals surface area contributed by atoms with Crippen LogP contribution < -0.4 is 0 Å². The van der Waals surface area contributed by atoms with Crippen molar-refractivity contribution in [3.63, 3.8) is 0 Å². The fourth-order valence-electron chi connectivity index (χ4n) is 1.51. The van der Waals surface area contributed by atoms with Crippen LogP contribution in [0.5, 0.6) is 0 Å². The minimum absolute atomic E-state index is 0.364. The van der Waals surface area contributed by atoms with Crippen molar-refractivity contribution in [1.82, 2.24) is 9.55 Å². The summed E-state index contributed by atoms with van der Waals surface area (Å²) in [5.74, 6) is 0. The molecule has 0 amide bonds. The molecule has 2 nitrogen and oxygen atoms in total. The first-order chi connectivity index (χ1) is 6.59. The summed E-state index contributed by atoms with van der Waals surface area (Å²) in [5, 5.41) is 2.16. The largest absolute Gasteiger partial charge is 0.343 e. The van der Waals surface area contributed by atoms with E-state index in [0.717, 1.165) is 15.9 Å². The summed E-state index contributed by atoms with van der Waals surface area (Å²) in [6.45, 7) is 4.20. The van der Waals surface area contributed by atoms with Gasteiger partial charge in [-0.05, 0) is 19.9 Å². The van der Waals surface area contributed by atoms with E-state index in [0.29, 0.717) is 11.2 Å². The molecular weight excluding hydrogens is 219 g/mol. The van der Waals surface area contributed by atoms with Crippen molar-refractivity contribution in [2.24, 2.45) is 0 Å². The van der Waals surface area contributed by atoms with Crippen LogP contribution >= 0.6 is 23.2 Å². The molecule has 0 spiro atoms. The summed E-state index contributed by atoms with van der Waals surface area (Å²) in [6.07, 6.45) is 3.62. The summed E-state index contributed by atoms with van der Waals surface area (Å²) in [7, 11) is 0. The maximum atomic E-state index is 6.07. The second-order valence-corrected chi connectivity index (χ2v) is 4.30. The Bertz CT molecular complexity index is 474. The van der Waals surface area contributed by atoms with E-state index in [2.05, 4.69) is 23.4 Å². The van der Waals surface area contributed by atoms with Crippen LogP contribution in [0.15, 0.2) is 18.5 Å². The Hall–Kier alpha value is -0.730. The predicted molar refractivity (Wildman–Crippen MR) is 60.1 cm³/mol. The van der Waals surface area contributed by atoms with Gasteiger partial charge in [0.25, 0.3) is 0 Å². The highest BCUT2D eigenvalue weighted by atomic mass is 35.5. The monoisotopic (exact) mass is 228 g/mol. The van der Waals surface area contributed by atoms with Crippen molar-refractivity contribution in [2.45, 2.75) is 19.9 Å². The van der Waals surface area contributed by atoms with E-state index in [9.17, 15) is 0 Å². The second-order valence-electron chi connectivity index (χ2n) is 3.50. The Morgan fingerprint density at radius 3 is 2.71 bits per heavy atom. The number of pyridine rings is 1. The topological polar surface area (TPSA) is 17.8 Å². The molecular formula is C10H10Cl2N2. The number of aromatic nitrogens is 2. The quantitative estimate of drug-likeness (QED) is 0.677. The van der Waals surface area contributed by atoms with Gasteiger partial charge in [0, 0.05) is 23.8 Å². The first-order valence-electron chi connectivity index (χ1n) is 4.41. The molecule has 0 unspecified atom stereocenters. The van der Waals surface area contributed by atoms with Crippen LogP contribution in [0.3, 0.4) is 0 Å². The van der Waals surface area contributed by atoms with Gasteiger partial charge in [0.05, 0.1) is 10.5 Å². The van der Waals surface area contributed by atoms with Crippen LogP contribution in [0.2, 0.25) is 10.2 Å². The number of fused-ring (bicyclic) bond motifs is 1. The smallest absolute Gasteiger partial charge is 0.131 e. The zero-order chi connectivity index (χ0) is 10.3. The highest BCUT2D eigenvalue weighted by molar-refractivity contribution is 6.36. The lowest BCUT2D eigenvalue weighted by atomic mass is 10.3. The predicted octanol–water partition coefficient (Wildman–Crippen LogP) is 3.92. The average Bonchev–Trinajstić information content (AvgIpc) is 2.43. The third-order valence-corrected chi connectivity index (χ3v) is 2.70. The van der Waals surface area contributed by atoms with Gasteiger partial charge in [-0.15, -0.1) is 0 Å². The molecule has 0 aromatic carbocycles. The molecule has 2 aromatic rings. The summed E-state index contributed by atoms with van der Waals surface area (Å²) in [4.78, 5) is 4.01. The maximum absolute atomic E-state index is 6.07. The summed E-state index contributed by atoms with van der Waals surface area (Å²) < 4.78 is 2.09. The molecule has 0 bridgehead atoms. The van der Waals surface area contributed by atoms with Crippen molar-refractivity contribution >= 4 is 34.1 Å². The fraction of sp³-hybridized carbons (Fsp3) is 0.300. The first-order valence-corrected chi connectivity index (χ1v) is 5.17. The van der Waals surface area contributed by atoms with E-state index >= 15 is 0 Å². The lowest BCUT2D eigenvalue weighted by molar-refractivity contribution is 0.623. The lowest BCUT2D eigenvalue weighted by Gasteiger charge is -2.08. The molecule has 0 saturated heterocycles. The highest BCUT2D eigenvalue weighted by Crippen LogP contribution is 2.28. The van der Waals surface area contributed by atoms with Gasteiger partial charge in [-0.2, -0.15) is 0 Å². The summed E-state index contributed by atoms with van der Waals surface area (Å²) in [6, 6.07) is 2.20. The fourth-order valence-corrected chi connectivity index (χ4v) is 1.91. The summed E-state index contributed by atoms with van der Waals surface area (Å²) in [5.41, 5.74) is 1.03. The SMILES string of the molecule is CC(C)n1cc(Cl)c2cnc(Cl)cc21. The molecule has 0 aliphatic heterocycles. The number of hydrogen-bond donors (Lipinski definition) is 0. The van der Waals surface area contributed by atoms with Gasteiger partial charge in [0.15, 0.2) is 0 Å². The van der Waals surface area contributed by atoms with E-state index in [1.54, 1.807) is 6.20 Å². The highest BCUT2D eigenvalue weighted by Gasteiger charge is 2.09. The molecule has 0 saturated carbocycles. The molecule has 0 aliphatic rings. The first kappa shape index (κ1) is 9.81. The van der Waals surface area contributed by atoms with E-state index in [4.69, 9.17) is 23.2 Å². The van der Waals surface area contributed by atoms with Gasteiger partial charge in [0.2, 0.25) is 0 Å². The molecule has 2 rings (SSSR count). The van der Waals surface area contributed by atoms with Crippen LogP contribution in [0.4, 0.5) is 0 Å². The molecule has 0 aliphatic carbocycles. The molecule has 4 heteroatoms. The van der Waals surface area contributed by atoms with E-state index in [-0.39, 0.29) is 0 Å². The van der Waals surface area contributed by atoms with Gasteiger partial charge >= 0.3 is 0 Å². The number of hydrogen-bond acceptors (Lipinski definition) is 1. The van der Waals surface area contributed by atoms with Gasteiger partial charge in [-0.3, -0.25) is 0 Å². The minimum atomic E-state index is 0.364. The Morgan fingerprint density at radius 2 is 2.07 bits per heavy atom. The van der Waals surface area contributed by atoms with E-state index in [1.165, 1.54) is 0 Å². The molecule has 0 radical (unpaired) electrons. The molecule has 2 aromatic heterocycles. The number of nitrogens with zero attached hydrogens (tertiary/aromatic N) is 2. The van der Waals surface area contributed by atoms with Crippen LogP contribution in [0, 0.1) is 0 Å². The third kappa shape index (κ3) is 1.49. The molecule has 0 atom stereocenters. The standard InChI is InChI=1S/C10H10Cl2N2/c1-6(2)14-5-8(11)7-4-13-10(12)3-9(7)14/h3-6H,1-2H3. The van der Waals surface area contributed by atoms with Crippen LogP contribution in [-0.4, -0.2) is 9.55 Å². The number of halogens is 2. The second kappa shape index (κ2) is 3.44. The van der Waals surface area contributed by atoms with Crippen molar-refractivity contribution in [3.05, 3.63) is 28.6 Å². The molecule has 14 heavy (non-hydrogen) atoms. The van der Waals surface area contributed by atoms with Crippen LogP contribution in [0.1, 0.15) is 19.9 Å². The van der Waals surface area contributed by atoms with Crippen molar-refractivity contribution in [1.29, 1.82) is 0 Å². The Morgan fingerprint density at radius 1 is 1.36 bits per heavy atom. The molecule has 74 valence electrons. The van der Waals surface area contributed by atoms with Gasteiger partial charge in [0.1, 0.15) is 5.15 Å². The zero-order valence-electron chi connectivity index (χ0n) is 7.96. The number of rotatable bonds is 1. The molecule has 2 heterocycles. The third-order valence-electron chi connectivity index (χ3n) is 2.19. The van der Waals surface area contributed by atoms with Crippen LogP contribution in [-0.2, 0) is 0 Å². The Balaban J connectivity index is 2.79. The zero-order valence-corrected chi connectivity index (χ0v) is 9.47. The minimum Gasteiger partial charge on any atom is -0.343 e. The van der Waals surface area contributed by atoms with Gasteiger partial charge < -0.3 is 4.57 Å². The van der Waals surface area contributed by atoms with E-state index in [1.807, 2.05) is 12.3 Å². The Kier molecular flexibility index (Phi) is 2.41. The van der Waals surface area contributed by atoms with Crippen molar-refractivity contribution < 1.29 is 0 Å². The molecule has 0 fully saturated rings. The normalized spacial score (nSPS) is 11.5. The molecule has 0 N–H and O–H groups in total. The van der Waals surface area contributed by atoms with Gasteiger partial charge in [-0.1, -0.05) is 23.2 Å². The van der Waals surface area contributed by atoms with Crippen molar-refractivity contribution in [3.8, 4) is 0 Å². The average molecular weight is 229 g/mol. The van der Waals surface area contributed by atoms with E-state index < -0.39 is 0 Å². The van der Waals surface area contributed by atoms with Crippen LogP contribution in [0.25, 0.3) is 10.9 Å². The van der Waals surface area contributed by atoms with Gasteiger partial charge in [-0.25, -0.2) is 4.98 Å².